The number of rotatable bonds is 3. The predicted molar refractivity (Wildman–Crippen MR) is 92.5 cm³/mol. The van der Waals surface area contributed by atoms with Gasteiger partial charge in [0.1, 0.15) is 0 Å². The van der Waals surface area contributed by atoms with Crippen LogP contribution >= 0.6 is 0 Å². The highest BCUT2D eigenvalue weighted by Gasteiger charge is 2.15. The minimum Gasteiger partial charge on any atom is -0.358 e. The molecular formula is C20H18F2N2O. The zero-order valence-electron chi connectivity index (χ0n) is 13.7. The second kappa shape index (κ2) is 6.31. The maximum absolute atomic E-state index is 13.2. The third-order valence-corrected chi connectivity index (χ3v) is 4.80. The molecule has 0 atom stereocenters. The van der Waals surface area contributed by atoms with E-state index < -0.39 is 17.5 Å². The first kappa shape index (κ1) is 15.8. The molecule has 5 heteroatoms. The summed E-state index contributed by atoms with van der Waals surface area (Å²) in [6, 6.07) is 9.25. The summed E-state index contributed by atoms with van der Waals surface area (Å²) in [5, 5.41) is 3.98. The first-order chi connectivity index (χ1) is 12.1. The summed E-state index contributed by atoms with van der Waals surface area (Å²) in [7, 11) is 0. The van der Waals surface area contributed by atoms with Crippen LogP contribution in [0.25, 0.3) is 10.9 Å². The molecule has 1 aliphatic carbocycles. The van der Waals surface area contributed by atoms with Crippen LogP contribution in [0.2, 0.25) is 0 Å². The molecule has 1 aliphatic rings. The molecule has 0 aliphatic heterocycles. The van der Waals surface area contributed by atoms with Gasteiger partial charge in [0.15, 0.2) is 11.6 Å². The number of aryl methyl sites for hydroxylation is 2. The normalized spacial score (nSPS) is 13.7. The Morgan fingerprint density at radius 2 is 1.88 bits per heavy atom. The second-order valence-corrected chi connectivity index (χ2v) is 6.48. The Morgan fingerprint density at radius 1 is 1.04 bits per heavy atom. The van der Waals surface area contributed by atoms with E-state index in [-0.39, 0.29) is 5.56 Å². The predicted octanol–water partition coefficient (Wildman–Crippen LogP) is 4.25. The lowest BCUT2D eigenvalue weighted by Crippen LogP contribution is -2.23. The molecule has 25 heavy (non-hydrogen) atoms. The number of hydrogen-bond acceptors (Lipinski definition) is 1. The Hall–Kier alpha value is -2.69. The standard InChI is InChI=1S/C20H18F2N2O/c21-16-7-6-13(10-17(16)22)20(25)23-11-12-5-8-19-15(9-12)14-3-1-2-4-18(14)24-19/h5-10,24H,1-4,11H2,(H,23,25). The van der Waals surface area contributed by atoms with Gasteiger partial charge in [-0.05, 0) is 67.1 Å². The van der Waals surface area contributed by atoms with Gasteiger partial charge in [0, 0.05) is 28.7 Å². The molecule has 2 aromatic carbocycles. The van der Waals surface area contributed by atoms with E-state index in [1.54, 1.807) is 0 Å². The van der Waals surface area contributed by atoms with Crippen molar-refractivity contribution in [3.63, 3.8) is 0 Å². The molecule has 3 aromatic rings. The van der Waals surface area contributed by atoms with Crippen LogP contribution in [0, 0.1) is 11.6 Å². The molecule has 4 rings (SSSR count). The van der Waals surface area contributed by atoms with Gasteiger partial charge in [0.05, 0.1) is 0 Å². The quantitative estimate of drug-likeness (QED) is 0.735. The van der Waals surface area contributed by atoms with Crippen LogP contribution in [0.3, 0.4) is 0 Å². The minimum atomic E-state index is -1.02. The molecule has 3 nitrogen and oxygen atoms in total. The van der Waals surface area contributed by atoms with Crippen LogP contribution in [0.1, 0.15) is 40.0 Å². The highest BCUT2D eigenvalue weighted by Crippen LogP contribution is 2.29. The summed E-state index contributed by atoms with van der Waals surface area (Å²) in [5.74, 6) is -2.40. The van der Waals surface area contributed by atoms with Gasteiger partial charge in [-0.3, -0.25) is 4.79 Å². The van der Waals surface area contributed by atoms with E-state index in [4.69, 9.17) is 0 Å². The third kappa shape index (κ3) is 3.02. The number of halogens is 2. The number of aromatic nitrogens is 1. The zero-order valence-corrected chi connectivity index (χ0v) is 13.7. The van der Waals surface area contributed by atoms with Crippen LogP contribution in [-0.4, -0.2) is 10.9 Å². The Kier molecular flexibility index (Phi) is 3.99. The van der Waals surface area contributed by atoms with E-state index in [0.717, 1.165) is 36.1 Å². The van der Waals surface area contributed by atoms with Crippen LogP contribution in [0.15, 0.2) is 36.4 Å². The Morgan fingerprint density at radius 3 is 2.72 bits per heavy atom. The van der Waals surface area contributed by atoms with E-state index in [1.165, 1.54) is 35.6 Å². The van der Waals surface area contributed by atoms with Crippen LogP contribution < -0.4 is 5.32 Å². The SMILES string of the molecule is O=C(NCc1ccc2[nH]c3c(c2c1)CCCC3)c1ccc(F)c(F)c1. The molecular weight excluding hydrogens is 322 g/mol. The fraction of sp³-hybridized carbons (Fsp3) is 0.250. The van der Waals surface area contributed by atoms with Crippen LogP contribution in [0.5, 0.6) is 0 Å². The van der Waals surface area contributed by atoms with Gasteiger partial charge in [-0.25, -0.2) is 8.78 Å². The van der Waals surface area contributed by atoms with Crippen LogP contribution in [-0.2, 0) is 19.4 Å². The lowest BCUT2D eigenvalue weighted by atomic mass is 9.95. The highest BCUT2D eigenvalue weighted by molar-refractivity contribution is 5.94. The molecule has 128 valence electrons. The lowest BCUT2D eigenvalue weighted by molar-refractivity contribution is 0.0950. The summed E-state index contributed by atoms with van der Waals surface area (Å²) < 4.78 is 26.2. The van der Waals surface area contributed by atoms with Gasteiger partial charge in [-0.2, -0.15) is 0 Å². The van der Waals surface area contributed by atoms with Crippen molar-refractivity contribution in [1.82, 2.24) is 10.3 Å². The summed E-state index contributed by atoms with van der Waals surface area (Å²) in [5.41, 5.74) is 4.93. The van der Waals surface area contributed by atoms with Gasteiger partial charge in [-0.1, -0.05) is 6.07 Å². The number of benzene rings is 2. The highest BCUT2D eigenvalue weighted by atomic mass is 19.2. The average Bonchev–Trinajstić information content (AvgIpc) is 3.00. The molecule has 0 unspecified atom stereocenters. The van der Waals surface area contributed by atoms with E-state index >= 15 is 0 Å². The van der Waals surface area contributed by atoms with Crippen molar-refractivity contribution >= 4 is 16.8 Å². The number of aromatic amines is 1. The maximum Gasteiger partial charge on any atom is 0.251 e. The number of carbonyl (C=O) groups is 1. The molecule has 1 heterocycles. The first-order valence-electron chi connectivity index (χ1n) is 8.47. The number of carbonyl (C=O) groups excluding carboxylic acids is 1. The topological polar surface area (TPSA) is 44.9 Å². The Labute approximate surface area is 144 Å². The summed E-state index contributed by atoms with van der Waals surface area (Å²) in [6.07, 6.45) is 4.60. The van der Waals surface area contributed by atoms with Gasteiger partial charge in [-0.15, -0.1) is 0 Å². The molecule has 0 saturated carbocycles. The zero-order chi connectivity index (χ0) is 17.4. The van der Waals surface area contributed by atoms with Gasteiger partial charge < -0.3 is 10.3 Å². The van der Waals surface area contributed by atoms with E-state index in [0.29, 0.717) is 6.54 Å². The first-order valence-corrected chi connectivity index (χ1v) is 8.47. The summed E-state index contributed by atoms with van der Waals surface area (Å²) in [6.45, 7) is 0.341. The van der Waals surface area contributed by atoms with Gasteiger partial charge in [0.25, 0.3) is 5.91 Å². The van der Waals surface area contributed by atoms with Crippen molar-refractivity contribution in [3.8, 4) is 0 Å². The molecule has 1 amide bonds. The number of H-pyrrole nitrogens is 1. The molecule has 0 bridgehead atoms. The van der Waals surface area contributed by atoms with Gasteiger partial charge in [0.2, 0.25) is 0 Å². The van der Waals surface area contributed by atoms with Crippen molar-refractivity contribution < 1.29 is 13.6 Å². The van der Waals surface area contributed by atoms with Crippen molar-refractivity contribution in [2.24, 2.45) is 0 Å². The smallest absolute Gasteiger partial charge is 0.251 e. The number of fused-ring (bicyclic) bond motifs is 3. The molecule has 0 saturated heterocycles. The van der Waals surface area contributed by atoms with Crippen LogP contribution in [0.4, 0.5) is 8.78 Å². The van der Waals surface area contributed by atoms with E-state index in [9.17, 15) is 13.6 Å². The molecule has 0 fully saturated rings. The Bertz CT molecular complexity index is 962. The van der Waals surface area contributed by atoms with E-state index in [1.807, 2.05) is 12.1 Å². The fourth-order valence-corrected chi connectivity index (χ4v) is 3.48. The fourth-order valence-electron chi connectivity index (χ4n) is 3.48. The third-order valence-electron chi connectivity index (χ3n) is 4.80. The molecule has 2 N–H and O–H groups in total. The lowest BCUT2D eigenvalue weighted by Gasteiger charge is -2.11. The van der Waals surface area contributed by atoms with Crippen molar-refractivity contribution in [1.29, 1.82) is 0 Å². The summed E-state index contributed by atoms with van der Waals surface area (Å²) >= 11 is 0. The molecule has 0 radical (unpaired) electrons. The molecule has 0 spiro atoms. The average molecular weight is 340 g/mol. The largest absolute Gasteiger partial charge is 0.358 e. The number of hydrogen-bond donors (Lipinski definition) is 2. The number of nitrogens with one attached hydrogen (secondary N) is 2. The van der Waals surface area contributed by atoms with Crippen molar-refractivity contribution in [2.45, 2.75) is 32.2 Å². The van der Waals surface area contributed by atoms with Gasteiger partial charge >= 0.3 is 0 Å². The second-order valence-electron chi connectivity index (χ2n) is 6.48. The monoisotopic (exact) mass is 340 g/mol. The Balaban J connectivity index is 1.52. The van der Waals surface area contributed by atoms with E-state index in [2.05, 4.69) is 16.4 Å². The maximum atomic E-state index is 13.2. The summed E-state index contributed by atoms with van der Waals surface area (Å²) in [4.78, 5) is 15.6. The number of amides is 1. The molecule has 1 aromatic heterocycles. The minimum absolute atomic E-state index is 0.110. The van der Waals surface area contributed by atoms with Crippen molar-refractivity contribution in [2.75, 3.05) is 0 Å². The van der Waals surface area contributed by atoms with Crippen molar-refractivity contribution in [3.05, 3.63) is 70.4 Å².